The molecule has 3 aliphatic rings. The van der Waals surface area contributed by atoms with Crippen molar-refractivity contribution in [2.75, 3.05) is 6.54 Å². The van der Waals surface area contributed by atoms with Crippen molar-refractivity contribution in [3.05, 3.63) is 71.4 Å². The number of aliphatic hydroxyl groups excluding tert-OH is 1. The lowest BCUT2D eigenvalue weighted by Crippen LogP contribution is -2.41. The molecule has 0 spiro atoms. The quantitative estimate of drug-likeness (QED) is 0.803. The molecule has 6 heteroatoms. The van der Waals surface area contributed by atoms with Crippen molar-refractivity contribution in [2.45, 2.75) is 51.0 Å². The van der Waals surface area contributed by atoms with Gasteiger partial charge in [-0.05, 0) is 44.3 Å². The van der Waals surface area contributed by atoms with Gasteiger partial charge in [-0.3, -0.25) is 0 Å². The fraction of sp³-hybridized carbons (Fsp3) is 0.429. The van der Waals surface area contributed by atoms with E-state index in [9.17, 15) is 5.11 Å². The van der Waals surface area contributed by atoms with Gasteiger partial charge in [0.2, 0.25) is 0 Å². The van der Waals surface area contributed by atoms with Crippen LogP contribution < -0.4 is 5.43 Å². The molecule has 2 N–H and O–H groups in total. The highest BCUT2D eigenvalue weighted by atomic mass is 16.7. The fourth-order valence-electron chi connectivity index (χ4n) is 3.56. The van der Waals surface area contributed by atoms with Gasteiger partial charge in [0.1, 0.15) is 0 Å². The second kappa shape index (κ2) is 6.64. The largest absolute Gasteiger partial charge is 0.495 e. The molecular weight excluding hydrogens is 339 g/mol. The summed E-state index contributed by atoms with van der Waals surface area (Å²) in [4.78, 5) is 0. The number of nitrogens with zero attached hydrogens (tertiary/aromatic N) is 1. The van der Waals surface area contributed by atoms with Crippen LogP contribution in [0.25, 0.3) is 0 Å². The van der Waals surface area contributed by atoms with Crippen LogP contribution in [-0.2, 0) is 9.31 Å². The third kappa shape index (κ3) is 3.38. The first-order valence-corrected chi connectivity index (χ1v) is 9.49. The van der Waals surface area contributed by atoms with Gasteiger partial charge < -0.3 is 19.4 Å². The van der Waals surface area contributed by atoms with Crippen molar-refractivity contribution < 1.29 is 14.4 Å². The lowest BCUT2D eigenvalue weighted by molar-refractivity contribution is 0.00578. The minimum Gasteiger partial charge on any atom is -0.399 e. The number of hydrazine groups is 1. The Kier molecular flexibility index (Phi) is 4.55. The molecule has 1 fully saturated rings. The van der Waals surface area contributed by atoms with E-state index in [0.717, 1.165) is 16.6 Å². The molecule has 142 valence electrons. The number of fused-ring (bicyclic) bond motifs is 1. The number of allylic oxidation sites excluding steroid dienone is 2. The Hall–Kier alpha value is -1.86. The maximum atomic E-state index is 10.5. The van der Waals surface area contributed by atoms with E-state index in [-0.39, 0.29) is 17.2 Å². The van der Waals surface area contributed by atoms with E-state index in [1.165, 1.54) is 0 Å². The van der Waals surface area contributed by atoms with Crippen molar-refractivity contribution in [1.29, 1.82) is 0 Å². The standard InChI is InChI=1S/C21H27BN2O3/c1-20(2)21(3,4)27-22(26-20)17-11-8-12-18-16(17)13-24(23-18)14-19(25)15-9-6-5-7-10-15/h5-13,18-19,23,25H,14H2,1-4H3/t18?,19-/m0/s1. The molecular formula is C21H27BN2O3. The van der Waals surface area contributed by atoms with Crippen LogP contribution in [0.15, 0.2) is 65.8 Å². The zero-order chi connectivity index (χ0) is 19.2. The predicted molar refractivity (Wildman–Crippen MR) is 106 cm³/mol. The Bertz CT molecular complexity index is 785. The Balaban J connectivity index is 1.51. The van der Waals surface area contributed by atoms with Gasteiger partial charge in [-0.25, -0.2) is 5.43 Å². The Labute approximate surface area is 161 Å². The Morgan fingerprint density at radius 3 is 2.48 bits per heavy atom. The summed E-state index contributed by atoms with van der Waals surface area (Å²) in [5.41, 5.74) is 5.75. The topological polar surface area (TPSA) is 54.0 Å². The summed E-state index contributed by atoms with van der Waals surface area (Å²) in [7, 11) is -0.394. The second-order valence-electron chi connectivity index (χ2n) is 8.37. The first-order valence-electron chi connectivity index (χ1n) is 9.49. The highest BCUT2D eigenvalue weighted by Gasteiger charge is 2.53. The first-order chi connectivity index (χ1) is 12.8. The molecule has 2 heterocycles. The van der Waals surface area contributed by atoms with E-state index < -0.39 is 13.2 Å². The van der Waals surface area contributed by atoms with E-state index in [1.807, 2.05) is 41.4 Å². The summed E-state index contributed by atoms with van der Waals surface area (Å²) >= 11 is 0. The van der Waals surface area contributed by atoms with E-state index >= 15 is 0 Å². The molecule has 1 aliphatic carbocycles. The van der Waals surface area contributed by atoms with Gasteiger partial charge in [0.25, 0.3) is 0 Å². The average Bonchev–Trinajstić information content (AvgIpc) is 3.12. The molecule has 0 saturated carbocycles. The minimum absolute atomic E-state index is 0.0620. The van der Waals surface area contributed by atoms with Gasteiger partial charge in [-0.15, -0.1) is 0 Å². The van der Waals surface area contributed by atoms with Crippen molar-refractivity contribution in [3.8, 4) is 0 Å². The molecule has 27 heavy (non-hydrogen) atoms. The van der Waals surface area contributed by atoms with Crippen LogP contribution >= 0.6 is 0 Å². The van der Waals surface area contributed by atoms with Crippen LogP contribution in [0.2, 0.25) is 0 Å². The SMILES string of the molecule is CC1(C)OB(C2=CC=CC3NN(C[C@H](O)c4ccccc4)C=C23)OC1(C)C. The number of nitrogens with one attached hydrogen (secondary N) is 1. The number of aliphatic hydroxyl groups is 1. The maximum Gasteiger partial charge on any atom is 0.495 e. The smallest absolute Gasteiger partial charge is 0.399 e. The van der Waals surface area contributed by atoms with Crippen LogP contribution in [0.5, 0.6) is 0 Å². The van der Waals surface area contributed by atoms with Crippen molar-refractivity contribution in [2.24, 2.45) is 0 Å². The highest BCUT2D eigenvalue weighted by Crippen LogP contribution is 2.41. The van der Waals surface area contributed by atoms with Crippen molar-refractivity contribution in [3.63, 3.8) is 0 Å². The highest BCUT2D eigenvalue weighted by molar-refractivity contribution is 6.56. The molecule has 0 bridgehead atoms. The molecule has 1 unspecified atom stereocenters. The lowest BCUT2D eigenvalue weighted by Gasteiger charge is -2.32. The lowest BCUT2D eigenvalue weighted by atomic mass is 9.70. The summed E-state index contributed by atoms with van der Waals surface area (Å²) in [6.07, 6.45) is 7.69. The number of hydrogen-bond donors (Lipinski definition) is 2. The van der Waals surface area contributed by atoms with Gasteiger partial charge in [-0.1, -0.05) is 48.6 Å². The van der Waals surface area contributed by atoms with Gasteiger partial charge in [0.05, 0.1) is 29.9 Å². The molecule has 0 amide bonds. The summed E-state index contributed by atoms with van der Waals surface area (Å²) < 4.78 is 12.5. The summed E-state index contributed by atoms with van der Waals surface area (Å²) in [5, 5.41) is 12.5. The molecule has 0 aromatic heterocycles. The molecule has 2 aliphatic heterocycles. The third-order valence-corrected chi connectivity index (χ3v) is 5.91. The molecule has 4 rings (SSSR count). The minimum atomic E-state index is -0.566. The van der Waals surface area contributed by atoms with E-state index in [2.05, 4.69) is 51.5 Å². The van der Waals surface area contributed by atoms with Crippen LogP contribution in [0.3, 0.4) is 0 Å². The number of hydrogen-bond acceptors (Lipinski definition) is 5. The summed E-state index contributed by atoms with van der Waals surface area (Å²) in [6, 6.07) is 9.78. The van der Waals surface area contributed by atoms with Crippen LogP contribution in [-0.4, -0.2) is 41.0 Å². The van der Waals surface area contributed by atoms with E-state index in [4.69, 9.17) is 9.31 Å². The van der Waals surface area contributed by atoms with Crippen molar-refractivity contribution >= 4 is 7.12 Å². The van der Waals surface area contributed by atoms with Crippen LogP contribution in [0.1, 0.15) is 39.4 Å². The normalized spacial score (nSPS) is 26.6. The summed E-state index contributed by atoms with van der Waals surface area (Å²) in [5.74, 6) is 0. The van der Waals surface area contributed by atoms with E-state index in [0.29, 0.717) is 6.54 Å². The van der Waals surface area contributed by atoms with Gasteiger partial charge in [-0.2, -0.15) is 0 Å². The van der Waals surface area contributed by atoms with Crippen LogP contribution in [0.4, 0.5) is 0 Å². The molecule has 1 aromatic carbocycles. The number of β-amino-alcohol motifs (C(OH)–C–C–N with tert-alkyl or cyclic N) is 1. The average molecular weight is 366 g/mol. The van der Waals surface area contributed by atoms with Crippen LogP contribution in [0, 0.1) is 0 Å². The third-order valence-electron chi connectivity index (χ3n) is 5.91. The molecule has 1 saturated heterocycles. The maximum absolute atomic E-state index is 10.5. The van der Waals surface area contributed by atoms with Crippen molar-refractivity contribution in [1.82, 2.24) is 10.4 Å². The Morgan fingerprint density at radius 2 is 1.81 bits per heavy atom. The van der Waals surface area contributed by atoms with E-state index in [1.54, 1.807) is 0 Å². The number of benzene rings is 1. The first kappa shape index (κ1) is 18.5. The monoisotopic (exact) mass is 366 g/mol. The molecule has 5 nitrogen and oxygen atoms in total. The van der Waals surface area contributed by atoms with Gasteiger partial charge in [0.15, 0.2) is 0 Å². The molecule has 0 radical (unpaired) electrons. The fourth-order valence-corrected chi connectivity index (χ4v) is 3.56. The number of rotatable bonds is 4. The van der Waals surface area contributed by atoms with Gasteiger partial charge >= 0.3 is 7.12 Å². The zero-order valence-corrected chi connectivity index (χ0v) is 16.3. The second-order valence-corrected chi connectivity index (χ2v) is 8.37. The zero-order valence-electron chi connectivity index (χ0n) is 16.3. The molecule has 1 aromatic rings. The van der Waals surface area contributed by atoms with Gasteiger partial charge in [0, 0.05) is 6.20 Å². The Morgan fingerprint density at radius 1 is 1.15 bits per heavy atom. The molecule has 2 atom stereocenters. The summed E-state index contributed by atoms with van der Waals surface area (Å²) in [6.45, 7) is 8.72. The predicted octanol–water partition coefficient (Wildman–Crippen LogP) is 2.92.